The van der Waals surface area contributed by atoms with E-state index in [9.17, 15) is 5.11 Å². The van der Waals surface area contributed by atoms with Gasteiger partial charge < -0.3 is 9.84 Å². The summed E-state index contributed by atoms with van der Waals surface area (Å²) in [5.41, 5.74) is 2.21. The molecule has 0 amide bonds. The van der Waals surface area contributed by atoms with Crippen LogP contribution in [0, 0.1) is 0 Å². The van der Waals surface area contributed by atoms with Crippen LogP contribution in [0.2, 0.25) is 0 Å². The van der Waals surface area contributed by atoms with Gasteiger partial charge in [0.25, 0.3) is 5.19 Å². The van der Waals surface area contributed by atoms with Crippen LogP contribution in [-0.2, 0) is 13.1 Å². The summed E-state index contributed by atoms with van der Waals surface area (Å²) in [6.07, 6.45) is -0.431. The van der Waals surface area contributed by atoms with E-state index in [2.05, 4.69) is 21.2 Å². The monoisotopic (exact) mass is 277 g/mol. The first kappa shape index (κ1) is 12.5. The van der Waals surface area contributed by atoms with Crippen molar-refractivity contribution in [1.82, 2.24) is 15.1 Å². The molecule has 0 unspecified atom stereocenters. The number of nitrogens with zero attached hydrogens (tertiary/aromatic N) is 3. The lowest BCUT2D eigenvalue weighted by Crippen LogP contribution is -2.33. The summed E-state index contributed by atoms with van der Waals surface area (Å²) in [4.78, 5) is 2.17. The summed E-state index contributed by atoms with van der Waals surface area (Å²) in [5, 5.41) is 19.6. The van der Waals surface area contributed by atoms with E-state index >= 15 is 0 Å². The largest absolute Gasteiger partial charge is 0.472 e. The van der Waals surface area contributed by atoms with Crippen molar-refractivity contribution in [2.75, 3.05) is 13.7 Å². The molecule has 0 bridgehead atoms. The van der Waals surface area contributed by atoms with Crippen LogP contribution >= 0.6 is 11.3 Å². The van der Waals surface area contributed by atoms with Crippen LogP contribution in [0.1, 0.15) is 22.2 Å². The molecule has 0 spiro atoms. The molecule has 2 aromatic rings. The second-order valence-electron chi connectivity index (χ2n) is 4.55. The number of ether oxygens (including phenoxy) is 1. The number of fused-ring (bicyclic) bond motifs is 1. The Bertz CT molecular complexity index is 573. The van der Waals surface area contributed by atoms with Crippen LogP contribution in [0.5, 0.6) is 5.19 Å². The number of aliphatic hydroxyl groups excluding tert-OH is 1. The fourth-order valence-corrected chi connectivity index (χ4v) is 3.04. The van der Waals surface area contributed by atoms with Crippen LogP contribution < -0.4 is 4.74 Å². The first-order valence-electron chi connectivity index (χ1n) is 6.11. The van der Waals surface area contributed by atoms with Crippen molar-refractivity contribution < 1.29 is 9.84 Å². The molecule has 100 valence electrons. The Balaban J connectivity index is 1.74. The molecular formula is C13H15N3O2S. The summed E-state index contributed by atoms with van der Waals surface area (Å²) in [7, 11) is 1.59. The smallest absolute Gasteiger partial charge is 0.293 e. The Kier molecular flexibility index (Phi) is 3.46. The van der Waals surface area contributed by atoms with E-state index in [4.69, 9.17) is 4.74 Å². The number of aliphatic hydroxyl groups is 1. The van der Waals surface area contributed by atoms with Gasteiger partial charge in [0.05, 0.1) is 19.8 Å². The molecule has 1 atom stereocenters. The van der Waals surface area contributed by atoms with Gasteiger partial charge in [-0.05, 0) is 11.1 Å². The van der Waals surface area contributed by atoms with Gasteiger partial charge in [0, 0.05) is 13.1 Å². The van der Waals surface area contributed by atoms with E-state index in [0.29, 0.717) is 18.3 Å². The average molecular weight is 277 g/mol. The third kappa shape index (κ3) is 2.60. The Morgan fingerprint density at radius 2 is 2.26 bits per heavy atom. The van der Waals surface area contributed by atoms with Crippen molar-refractivity contribution in [3.63, 3.8) is 0 Å². The van der Waals surface area contributed by atoms with Crippen molar-refractivity contribution in [3.8, 4) is 5.19 Å². The highest BCUT2D eigenvalue weighted by molar-refractivity contribution is 7.13. The molecule has 1 aliphatic heterocycles. The van der Waals surface area contributed by atoms with E-state index in [-0.39, 0.29) is 0 Å². The van der Waals surface area contributed by atoms with E-state index in [1.165, 1.54) is 16.9 Å². The van der Waals surface area contributed by atoms with Crippen molar-refractivity contribution in [1.29, 1.82) is 0 Å². The quantitative estimate of drug-likeness (QED) is 0.923. The zero-order valence-electron chi connectivity index (χ0n) is 10.6. The predicted molar refractivity (Wildman–Crippen MR) is 72.0 cm³/mol. The lowest BCUT2D eigenvalue weighted by Gasteiger charge is -2.31. The predicted octanol–water partition coefficient (Wildman–Crippen LogP) is 1.60. The molecule has 19 heavy (non-hydrogen) atoms. The van der Waals surface area contributed by atoms with Gasteiger partial charge in [0.2, 0.25) is 0 Å². The normalized spacial score (nSPS) is 19.2. The Morgan fingerprint density at radius 3 is 3.05 bits per heavy atom. The second-order valence-corrected chi connectivity index (χ2v) is 5.57. The number of methoxy groups -OCH3 is 1. The third-order valence-corrected chi connectivity index (χ3v) is 4.09. The molecule has 0 saturated carbocycles. The van der Waals surface area contributed by atoms with Gasteiger partial charge in [-0.25, -0.2) is 0 Å². The van der Waals surface area contributed by atoms with Gasteiger partial charge >= 0.3 is 0 Å². The molecule has 2 heterocycles. The molecule has 0 saturated heterocycles. The van der Waals surface area contributed by atoms with Gasteiger partial charge in [-0.15, -0.1) is 10.2 Å². The first-order valence-corrected chi connectivity index (χ1v) is 6.92. The van der Waals surface area contributed by atoms with E-state index in [0.717, 1.165) is 17.1 Å². The average Bonchev–Trinajstić information content (AvgIpc) is 2.86. The van der Waals surface area contributed by atoms with Crippen molar-refractivity contribution in [2.24, 2.45) is 0 Å². The zero-order valence-corrected chi connectivity index (χ0v) is 11.4. The Labute approximate surface area is 115 Å². The highest BCUT2D eigenvalue weighted by atomic mass is 32.1. The SMILES string of the molecule is COc1nnc(CN2Cc3ccccc3[C@@H](O)C2)s1. The van der Waals surface area contributed by atoms with Crippen molar-refractivity contribution in [2.45, 2.75) is 19.2 Å². The van der Waals surface area contributed by atoms with E-state index in [1.54, 1.807) is 7.11 Å². The number of benzene rings is 1. The number of hydrogen-bond donors (Lipinski definition) is 1. The number of aromatic nitrogens is 2. The number of β-amino-alcohol motifs (C(OH)–C–C–N with tert-alkyl or cyclic N) is 1. The molecule has 1 aromatic heterocycles. The molecular weight excluding hydrogens is 262 g/mol. The molecule has 3 rings (SSSR count). The fourth-order valence-electron chi connectivity index (χ4n) is 2.35. The van der Waals surface area contributed by atoms with Gasteiger partial charge in [0.15, 0.2) is 0 Å². The van der Waals surface area contributed by atoms with Crippen molar-refractivity contribution >= 4 is 11.3 Å². The maximum absolute atomic E-state index is 10.2. The highest BCUT2D eigenvalue weighted by Gasteiger charge is 2.24. The molecule has 6 heteroatoms. The molecule has 0 aliphatic carbocycles. The summed E-state index contributed by atoms with van der Waals surface area (Å²) < 4.78 is 5.04. The minimum atomic E-state index is -0.431. The molecule has 1 aliphatic rings. The Morgan fingerprint density at radius 1 is 1.42 bits per heavy atom. The van der Waals surface area contributed by atoms with Crippen LogP contribution in [0.3, 0.4) is 0 Å². The summed E-state index contributed by atoms with van der Waals surface area (Å²) in [6.45, 7) is 2.14. The molecule has 1 N–H and O–H groups in total. The lowest BCUT2D eigenvalue weighted by molar-refractivity contribution is 0.0880. The van der Waals surface area contributed by atoms with Crippen LogP contribution in [0.4, 0.5) is 0 Å². The van der Waals surface area contributed by atoms with Crippen LogP contribution in [0.25, 0.3) is 0 Å². The summed E-state index contributed by atoms with van der Waals surface area (Å²) in [5.74, 6) is 0. The lowest BCUT2D eigenvalue weighted by atomic mass is 9.97. The molecule has 0 fully saturated rings. The van der Waals surface area contributed by atoms with Gasteiger partial charge in [-0.1, -0.05) is 35.6 Å². The third-order valence-electron chi connectivity index (χ3n) is 3.22. The minimum Gasteiger partial charge on any atom is -0.472 e. The Hall–Kier alpha value is -1.50. The highest BCUT2D eigenvalue weighted by Crippen LogP contribution is 2.28. The van der Waals surface area contributed by atoms with E-state index in [1.807, 2.05) is 18.2 Å². The second kappa shape index (κ2) is 5.24. The van der Waals surface area contributed by atoms with Gasteiger partial charge in [-0.2, -0.15) is 0 Å². The van der Waals surface area contributed by atoms with Crippen LogP contribution in [0.15, 0.2) is 24.3 Å². The molecule has 1 aromatic carbocycles. The first-order chi connectivity index (χ1) is 9.26. The molecule has 5 nitrogen and oxygen atoms in total. The van der Waals surface area contributed by atoms with Gasteiger partial charge in [-0.3, -0.25) is 4.90 Å². The van der Waals surface area contributed by atoms with E-state index < -0.39 is 6.10 Å². The van der Waals surface area contributed by atoms with Crippen LogP contribution in [-0.4, -0.2) is 33.9 Å². The van der Waals surface area contributed by atoms with Gasteiger partial charge in [0.1, 0.15) is 5.01 Å². The minimum absolute atomic E-state index is 0.431. The summed E-state index contributed by atoms with van der Waals surface area (Å²) in [6, 6.07) is 8.02. The van der Waals surface area contributed by atoms with Crippen molar-refractivity contribution in [3.05, 3.63) is 40.4 Å². The maximum Gasteiger partial charge on any atom is 0.293 e. The molecule has 0 radical (unpaired) electrons. The number of rotatable bonds is 3. The topological polar surface area (TPSA) is 58.5 Å². The summed E-state index contributed by atoms with van der Waals surface area (Å²) >= 11 is 1.44. The fraction of sp³-hybridized carbons (Fsp3) is 0.385. The maximum atomic E-state index is 10.2. The zero-order chi connectivity index (χ0) is 13.2. The number of hydrogen-bond acceptors (Lipinski definition) is 6. The standard InChI is InChI=1S/C13H15N3O2S/c1-18-13-15-14-12(19-13)8-16-6-9-4-2-3-5-10(9)11(17)7-16/h2-5,11,17H,6-8H2,1H3/t11-/m0/s1.